The number of benzene rings is 1. The van der Waals surface area contributed by atoms with E-state index in [4.69, 9.17) is 9.72 Å². The molecule has 2 aromatic heterocycles. The van der Waals surface area contributed by atoms with Gasteiger partial charge in [0.15, 0.2) is 5.13 Å². The van der Waals surface area contributed by atoms with Crippen molar-refractivity contribution in [3.05, 3.63) is 40.8 Å². The van der Waals surface area contributed by atoms with E-state index in [2.05, 4.69) is 27.2 Å². The Kier molecular flexibility index (Phi) is 7.33. The van der Waals surface area contributed by atoms with Crippen molar-refractivity contribution in [1.82, 2.24) is 14.8 Å². The summed E-state index contributed by atoms with van der Waals surface area (Å²) >= 11 is 3.05. The molecule has 0 saturated carbocycles. The van der Waals surface area contributed by atoms with Gasteiger partial charge in [0, 0.05) is 58.4 Å². The Hall–Kier alpha value is -2.53. The first kappa shape index (κ1) is 24.2. The number of rotatable bonds is 6. The van der Waals surface area contributed by atoms with Crippen LogP contribution in [0.5, 0.6) is 0 Å². The Morgan fingerprint density at radius 3 is 2.46 bits per heavy atom. The number of ether oxygens (including phenoxy) is 1. The van der Waals surface area contributed by atoms with Crippen molar-refractivity contribution in [3.8, 4) is 0 Å². The number of nitrogens with zero attached hydrogens (tertiary/aromatic N) is 4. The van der Waals surface area contributed by atoms with Crippen LogP contribution in [-0.4, -0.2) is 80.1 Å². The van der Waals surface area contributed by atoms with Crippen molar-refractivity contribution >= 4 is 54.8 Å². The first-order chi connectivity index (χ1) is 17.0. The Morgan fingerprint density at radius 1 is 1.09 bits per heavy atom. The molecule has 0 atom stereocenters. The Balaban J connectivity index is 1.17. The van der Waals surface area contributed by atoms with Crippen molar-refractivity contribution in [2.45, 2.75) is 19.4 Å². The summed E-state index contributed by atoms with van der Waals surface area (Å²) in [5.74, 6) is 0.212. The summed E-state index contributed by atoms with van der Waals surface area (Å²) in [6.45, 7) is 6.06. The summed E-state index contributed by atoms with van der Waals surface area (Å²) in [7, 11) is 3.64. The standard InChI is InChI=1S/C25H31N5O3S2/c1-28(2)24(32)18-7-9-30(10-8-18)25-27-23-21(35-25)15-20(34-23)22(31)26-19-5-3-17(4-6-19)16-29-11-13-33-14-12-29/h3-6,15,18H,7-14,16H2,1-2H3,(H,26,31). The number of aromatic nitrogens is 1. The second-order valence-electron chi connectivity index (χ2n) is 9.31. The van der Waals surface area contributed by atoms with Crippen molar-refractivity contribution in [2.75, 3.05) is 63.7 Å². The average Bonchev–Trinajstić information content (AvgIpc) is 3.45. The number of piperidine rings is 1. The molecule has 0 radical (unpaired) electrons. The maximum absolute atomic E-state index is 12.8. The highest BCUT2D eigenvalue weighted by Crippen LogP contribution is 2.36. The Morgan fingerprint density at radius 2 is 1.80 bits per heavy atom. The number of morpholine rings is 1. The molecule has 8 nitrogen and oxygen atoms in total. The highest BCUT2D eigenvalue weighted by atomic mass is 32.1. The molecule has 1 aromatic carbocycles. The van der Waals surface area contributed by atoms with Crippen LogP contribution in [0, 0.1) is 5.92 Å². The quantitative estimate of drug-likeness (QED) is 0.541. The third-order valence-corrected chi connectivity index (χ3v) is 8.80. The molecule has 0 bridgehead atoms. The molecule has 2 aliphatic heterocycles. The molecule has 1 N–H and O–H groups in total. The fraction of sp³-hybridized carbons (Fsp3) is 0.480. The fourth-order valence-electron chi connectivity index (χ4n) is 4.56. The van der Waals surface area contributed by atoms with Gasteiger partial charge in [0.1, 0.15) is 4.83 Å². The van der Waals surface area contributed by atoms with Crippen LogP contribution in [0.1, 0.15) is 28.1 Å². The smallest absolute Gasteiger partial charge is 0.265 e. The van der Waals surface area contributed by atoms with Gasteiger partial charge in [0.2, 0.25) is 5.91 Å². The molecular formula is C25H31N5O3S2. The molecule has 0 aliphatic carbocycles. The number of fused-ring (bicyclic) bond motifs is 1. The summed E-state index contributed by atoms with van der Waals surface area (Å²) in [6, 6.07) is 10.0. The van der Waals surface area contributed by atoms with Gasteiger partial charge in [0.05, 0.1) is 22.8 Å². The van der Waals surface area contributed by atoms with Crippen molar-refractivity contribution in [1.29, 1.82) is 0 Å². The third kappa shape index (κ3) is 5.66. The van der Waals surface area contributed by atoms with E-state index in [1.54, 1.807) is 16.2 Å². The summed E-state index contributed by atoms with van der Waals surface area (Å²) in [6.07, 6.45) is 1.70. The number of thiazole rings is 1. The number of anilines is 2. The first-order valence-electron chi connectivity index (χ1n) is 12.0. The molecule has 35 heavy (non-hydrogen) atoms. The lowest BCUT2D eigenvalue weighted by molar-refractivity contribution is -0.133. The molecule has 186 valence electrons. The third-order valence-electron chi connectivity index (χ3n) is 6.58. The molecule has 5 rings (SSSR count). The van der Waals surface area contributed by atoms with Crippen molar-refractivity contribution in [3.63, 3.8) is 0 Å². The van der Waals surface area contributed by atoms with Gasteiger partial charge in [0.25, 0.3) is 5.91 Å². The zero-order chi connectivity index (χ0) is 24.4. The number of hydrogen-bond acceptors (Lipinski definition) is 8. The summed E-state index contributed by atoms with van der Waals surface area (Å²) < 4.78 is 6.44. The van der Waals surface area contributed by atoms with Gasteiger partial charge in [-0.25, -0.2) is 4.98 Å². The molecule has 2 aliphatic rings. The zero-order valence-electron chi connectivity index (χ0n) is 20.2. The van der Waals surface area contributed by atoms with Gasteiger partial charge in [-0.2, -0.15) is 0 Å². The number of hydrogen-bond donors (Lipinski definition) is 1. The summed E-state index contributed by atoms with van der Waals surface area (Å²) in [4.78, 5) is 37.7. The summed E-state index contributed by atoms with van der Waals surface area (Å²) in [5.41, 5.74) is 2.02. The first-order valence-corrected chi connectivity index (χ1v) is 13.7. The van der Waals surface area contributed by atoms with E-state index >= 15 is 0 Å². The molecule has 4 heterocycles. The van der Waals surface area contributed by atoms with Gasteiger partial charge >= 0.3 is 0 Å². The molecule has 3 aromatic rings. The minimum atomic E-state index is -0.106. The molecular weight excluding hydrogens is 482 g/mol. The van der Waals surface area contributed by atoms with Crippen LogP contribution in [0.4, 0.5) is 10.8 Å². The van der Waals surface area contributed by atoms with E-state index in [-0.39, 0.29) is 17.7 Å². The van der Waals surface area contributed by atoms with Crippen molar-refractivity contribution in [2.24, 2.45) is 5.92 Å². The highest BCUT2D eigenvalue weighted by Gasteiger charge is 2.27. The minimum absolute atomic E-state index is 0.103. The van der Waals surface area contributed by atoms with Crippen LogP contribution in [-0.2, 0) is 16.1 Å². The second-order valence-corrected chi connectivity index (χ2v) is 11.3. The van der Waals surface area contributed by atoms with Gasteiger partial charge < -0.3 is 19.9 Å². The number of carbonyl (C=O) groups is 2. The minimum Gasteiger partial charge on any atom is -0.379 e. The molecule has 2 fully saturated rings. The van der Waals surface area contributed by atoms with Crippen LogP contribution in [0.15, 0.2) is 30.3 Å². The topological polar surface area (TPSA) is 78.0 Å². The lowest BCUT2D eigenvalue weighted by Crippen LogP contribution is -2.40. The second kappa shape index (κ2) is 10.6. The molecule has 10 heteroatoms. The molecule has 0 spiro atoms. The van der Waals surface area contributed by atoms with Gasteiger partial charge in [-0.1, -0.05) is 23.5 Å². The SMILES string of the molecule is CN(C)C(=O)C1CCN(c2nc3sc(C(=O)Nc4ccc(CN5CCOCC5)cc4)cc3s2)CC1. The monoisotopic (exact) mass is 513 g/mol. The zero-order valence-corrected chi connectivity index (χ0v) is 21.8. The predicted octanol–water partition coefficient (Wildman–Crippen LogP) is 3.75. The molecule has 2 saturated heterocycles. The maximum Gasteiger partial charge on any atom is 0.265 e. The molecule has 2 amide bonds. The van der Waals surface area contributed by atoms with Crippen LogP contribution < -0.4 is 10.2 Å². The number of thiophene rings is 1. The average molecular weight is 514 g/mol. The maximum atomic E-state index is 12.8. The van der Waals surface area contributed by atoms with E-state index < -0.39 is 0 Å². The van der Waals surface area contributed by atoms with Crippen LogP contribution in [0.25, 0.3) is 9.53 Å². The fourth-order valence-corrected chi connectivity index (χ4v) is 6.72. The summed E-state index contributed by atoms with van der Waals surface area (Å²) in [5, 5.41) is 3.99. The van der Waals surface area contributed by atoms with Crippen LogP contribution in [0.2, 0.25) is 0 Å². The van der Waals surface area contributed by atoms with Gasteiger partial charge in [-0.05, 0) is 36.6 Å². The predicted molar refractivity (Wildman–Crippen MR) is 142 cm³/mol. The number of carbonyl (C=O) groups excluding carboxylic acids is 2. The van der Waals surface area contributed by atoms with E-state index in [9.17, 15) is 9.59 Å². The van der Waals surface area contributed by atoms with E-state index in [1.165, 1.54) is 16.9 Å². The van der Waals surface area contributed by atoms with E-state index in [0.717, 1.165) is 79.1 Å². The van der Waals surface area contributed by atoms with Gasteiger partial charge in [-0.15, -0.1) is 11.3 Å². The number of amides is 2. The highest BCUT2D eigenvalue weighted by molar-refractivity contribution is 7.29. The lowest BCUT2D eigenvalue weighted by Gasteiger charge is -2.32. The van der Waals surface area contributed by atoms with E-state index in [1.807, 2.05) is 32.3 Å². The van der Waals surface area contributed by atoms with Gasteiger partial charge in [-0.3, -0.25) is 14.5 Å². The Labute approximate surface area is 213 Å². The largest absolute Gasteiger partial charge is 0.379 e. The lowest BCUT2D eigenvalue weighted by atomic mass is 9.96. The molecule has 0 unspecified atom stereocenters. The Bertz CT molecular complexity index is 1140. The van der Waals surface area contributed by atoms with E-state index in [0.29, 0.717) is 4.88 Å². The number of nitrogens with one attached hydrogen (secondary N) is 1. The normalized spacial score (nSPS) is 17.6. The van der Waals surface area contributed by atoms with Crippen molar-refractivity contribution < 1.29 is 14.3 Å². The van der Waals surface area contributed by atoms with Crippen LogP contribution in [0.3, 0.4) is 0 Å². The van der Waals surface area contributed by atoms with Crippen LogP contribution >= 0.6 is 22.7 Å².